The normalized spacial score (nSPS) is 11.5. The first kappa shape index (κ1) is 90.4. The zero-order valence-electron chi connectivity index (χ0n) is 83.7. The number of nitrogens with zero attached hydrogens (tertiary/aromatic N) is 4. The van der Waals surface area contributed by atoms with Gasteiger partial charge in [-0.05, 0) is 358 Å². The molecule has 0 atom stereocenters. The Hall–Kier alpha value is -17.4. The van der Waals surface area contributed by atoms with Crippen molar-refractivity contribution in [2.75, 3.05) is 19.6 Å². The average molecular weight is 1850 g/mol. The first-order chi connectivity index (χ1) is 70.3. The van der Waals surface area contributed by atoms with E-state index in [2.05, 4.69) is 564 Å². The van der Waals surface area contributed by atoms with Crippen LogP contribution < -0.4 is 19.6 Å². The summed E-state index contributed by atoms with van der Waals surface area (Å²) in [5.74, 6) is 0. The van der Waals surface area contributed by atoms with Crippen LogP contribution in [0.5, 0.6) is 0 Å². The van der Waals surface area contributed by atoms with E-state index in [4.69, 9.17) is 0 Å². The Kier molecular flexibility index (Phi) is 23.8. The Bertz CT molecular complexity index is 8410. The van der Waals surface area contributed by atoms with Crippen LogP contribution in [0.1, 0.15) is 66.8 Å². The molecule has 0 aliphatic heterocycles. The molecule has 24 rings (SSSR count). The molecular formula is C140H112N4. The first-order valence-corrected chi connectivity index (χ1v) is 50.3. The molecule has 0 unspecified atom stereocenters. The summed E-state index contributed by atoms with van der Waals surface area (Å²) in [6.45, 7) is 26.5. The third kappa shape index (κ3) is 17.2. The quantitative estimate of drug-likeness (QED) is 0.0705. The summed E-state index contributed by atoms with van der Waals surface area (Å²) in [7, 11) is 0. The van der Waals surface area contributed by atoms with Crippen LogP contribution in [-0.2, 0) is 0 Å². The van der Waals surface area contributed by atoms with Crippen LogP contribution in [0.2, 0.25) is 0 Å². The molecule has 0 aliphatic rings. The zero-order chi connectivity index (χ0) is 98.1. The fourth-order valence-corrected chi connectivity index (χ4v) is 22.1. The van der Waals surface area contributed by atoms with Crippen molar-refractivity contribution in [3.8, 4) is 89.0 Å². The lowest BCUT2D eigenvalue weighted by Crippen LogP contribution is -2.14. The van der Waals surface area contributed by atoms with E-state index in [9.17, 15) is 0 Å². The molecule has 692 valence electrons. The molecule has 4 nitrogen and oxygen atoms in total. The van der Waals surface area contributed by atoms with Gasteiger partial charge in [-0.25, -0.2) is 0 Å². The molecule has 0 saturated carbocycles. The highest BCUT2D eigenvalue weighted by atomic mass is 15.2. The Morgan fingerprint density at radius 2 is 0.319 bits per heavy atom. The van der Waals surface area contributed by atoms with E-state index in [1.807, 2.05) is 0 Å². The molecule has 0 amide bonds. The van der Waals surface area contributed by atoms with E-state index in [1.165, 1.54) is 232 Å². The molecule has 0 aliphatic carbocycles. The van der Waals surface area contributed by atoms with Gasteiger partial charge in [0.1, 0.15) is 0 Å². The van der Waals surface area contributed by atoms with Gasteiger partial charge in [0.25, 0.3) is 0 Å². The number of hydrogen-bond donors (Lipinski definition) is 0. The molecule has 24 aromatic rings. The molecule has 24 aromatic carbocycles. The van der Waals surface area contributed by atoms with Crippen molar-refractivity contribution in [3.63, 3.8) is 0 Å². The second-order valence-corrected chi connectivity index (χ2v) is 39.6. The van der Waals surface area contributed by atoms with Crippen LogP contribution in [0.3, 0.4) is 0 Å². The fourth-order valence-electron chi connectivity index (χ4n) is 22.1. The molecule has 0 N–H and O–H groups in total. The van der Waals surface area contributed by atoms with Crippen LogP contribution in [0.25, 0.3) is 154 Å². The number of hydrogen-bond acceptors (Lipinski definition) is 4. The smallest absolute Gasteiger partial charge is 0.0540 e. The molecule has 0 radical (unpaired) electrons. The van der Waals surface area contributed by atoms with Crippen molar-refractivity contribution < 1.29 is 0 Å². The maximum absolute atomic E-state index is 2.53. The van der Waals surface area contributed by atoms with Gasteiger partial charge in [0, 0.05) is 55.7 Å². The van der Waals surface area contributed by atoms with E-state index in [-0.39, 0.29) is 0 Å². The van der Waals surface area contributed by atoms with Crippen LogP contribution in [0.4, 0.5) is 68.2 Å². The van der Waals surface area contributed by atoms with Crippen molar-refractivity contribution >= 4 is 133 Å². The molecule has 0 heterocycles. The Morgan fingerprint density at radius 3 is 0.549 bits per heavy atom. The lowest BCUT2D eigenvalue weighted by molar-refractivity contribution is 1.23. The molecule has 0 aromatic heterocycles. The minimum Gasteiger partial charge on any atom is -0.310 e. The zero-order valence-corrected chi connectivity index (χ0v) is 83.7. The first-order valence-electron chi connectivity index (χ1n) is 50.3. The van der Waals surface area contributed by atoms with E-state index in [0.717, 1.165) is 56.9 Å². The van der Waals surface area contributed by atoms with E-state index < -0.39 is 0 Å². The summed E-state index contributed by atoms with van der Waals surface area (Å²) in [4.78, 5) is 10.1. The van der Waals surface area contributed by atoms with Crippen LogP contribution >= 0.6 is 0 Å². The molecule has 0 bridgehead atoms. The van der Waals surface area contributed by atoms with E-state index >= 15 is 0 Å². The number of para-hydroxylation sites is 2. The second-order valence-electron chi connectivity index (χ2n) is 39.6. The molecule has 0 spiro atoms. The van der Waals surface area contributed by atoms with Gasteiger partial charge < -0.3 is 19.6 Å². The lowest BCUT2D eigenvalue weighted by Gasteiger charge is -2.32. The third-order valence-corrected chi connectivity index (χ3v) is 29.4. The largest absolute Gasteiger partial charge is 0.310 e. The molecule has 144 heavy (non-hydrogen) atoms. The van der Waals surface area contributed by atoms with Crippen molar-refractivity contribution in [1.29, 1.82) is 0 Å². The molecule has 0 fully saturated rings. The summed E-state index contributed by atoms with van der Waals surface area (Å²) >= 11 is 0. The summed E-state index contributed by atoms with van der Waals surface area (Å²) in [6, 6.07) is 172. The monoisotopic (exact) mass is 1850 g/mol. The minimum atomic E-state index is 1.11. The highest BCUT2D eigenvalue weighted by Crippen LogP contribution is 2.55. The summed E-state index contributed by atoms with van der Waals surface area (Å²) in [5, 5.41) is 14.7. The van der Waals surface area contributed by atoms with Crippen LogP contribution in [0.15, 0.2) is 461 Å². The Balaban J connectivity index is 0.000000159. The lowest BCUT2D eigenvalue weighted by atomic mass is 9.90. The predicted octanol–water partition coefficient (Wildman–Crippen LogP) is 40.1. The van der Waals surface area contributed by atoms with E-state index in [1.54, 1.807) is 0 Å². The summed E-state index contributed by atoms with van der Waals surface area (Å²) in [5.41, 5.74) is 47.4. The average Bonchev–Trinajstić information content (AvgIpc) is 0.717. The molecule has 4 heteroatoms. The summed E-state index contributed by atoms with van der Waals surface area (Å²) < 4.78 is 0. The Morgan fingerprint density at radius 1 is 0.125 bits per heavy atom. The second kappa shape index (κ2) is 38.0. The van der Waals surface area contributed by atoms with Crippen LogP contribution in [0, 0.1) is 83.1 Å². The van der Waals surface area contributed by atoms with Crippen molar-refractivity contribution in [2.24, 2.45) is 0 Å². The summed E-state index contributed by atoms with van der Waals surface area (Å²) in [6.07, 6.45) is 0. The van der Waals surface area contributed by atoms with Crippen LogP contribution in [-0.4, -0.2) is 0 Å². The number of benzene rings is 24. The van der Waals surface area contributed by atoms with Gasteiger partial charge >= 0.3 is 0 Å². The van der Waals surface area contributed by atoms with Gasteiger partial charge in [-0.2, -0.15) is 0 Å². The van der Waals surface area contributed by atoms with Crippen molar-refractivity contribution in [1.82, 2.24) is 0 Å². The fraction of sp³-hybridized carbons (Fsp3) is 0.0857. The Labute approximate surface area is 846 Å². The SMILES string of the molecule is Cc1ccc(-c2cc(-c3ccccc3)cc(N(c3c(C)cccc3C)c3ccc4ccc5c(N(c6cc(-c7ccccc7)cc(-c7ccc(C)cc7)c6)c6c(C)cccc6C)ccc6ccc3c4c65)c2)cc1.Cc1ccc(-c2cc(-c3ccccc3)cc(N(c3ccc(C)cc3C)c3ccc4ccc5c(N(c6cc(-c7ccccc7)cc(-c7ccc(C)cc7)c6)c6ccc(C)cc6C)ccc6ccc3c4c65)c2)cc1. The highest BCUT2D eigenvalue weighted by Gasteiger charge is 2.30. The minimum absolute atomic E-state index is 1.11. The maximum Gasteiger partial charge on any atom is 0.0540 e. The standard InChI is InChI=1S/2C70H56N2/c1-45-23-27-53(28-24-45)59-39-57(51-19-9-7-10-20-51)41-61(43-59)71(69-47(3)15-13-16-48(69)4)65-37-33-55-32-36-64-66(38-34-56-31-35-63(65)67(55)68(56)64)72(70-49(5)17-14-18-50(70)6)62-42-58(52-21-11-8-12-22-52)40-60(44-62)54-29-25-46(2)26-30-54;1-45-17-23-53(24-18-45)59-39-57(51-13-9-7-10-14-51)41-61(43-59)71(65-33-21-47(3)37-49(65)5)67-35-29-55-28-32-64-68(36-30-56-27-31-63(67)69(55)70(56)64)72(66-34-22-48(4)38-50(66)6)62-42-58(52-15-11-8-12-16-52)40-60(44-62)54-25-19-46(2)20-26-54/h2*7-44H,1-6H3. The van der Waals surface area contributed by atoms with Crippen molar-refractivity contribution in [2.45, 2.75) is 83.1 Å². The van der Waals surface area contributed by atoms with Gasteiger partial charge in [-0.15, -0.1) is 0 Å². The number of aryl methyl sites for hydroxylation is 12. The van der Waals surface area contributed by atoms with Crippen molar-refractivity contribution in [3.05, 3.63) is 528 Å². The van der Waals surface area contributed by atoms with E-state index in [0.29, 0.717) is 0 Å². The number of anilines is 12. The molecular weight excluding hydrogens is 1740 g/mol. The topological polar surface area (TPSA) is 13.0 Å². The third-order valence-electron chi connectivity index (χ3n) is 29.4. The van der Waals surface area contributed by atoms with Gasteiger partial charge in [0.15, 0.2) is 0 Å². The molecule has 0 saturated heterocycles. The number of rotatable bonds is 20. The van der Waals surface area contributed by atoms with Gasteiger partial charge in [0.2, 0.25) is 0 Å². The highest BCUT2D eigenvalue weighted by molar-refractivity contribution is 6.30. The van der Waals surface area contributed by atoms with Gasteiger partial charge in [-0.1, -0.05) is 385 Å². The van der Waals surface area contributed by atoms with Gasteiger partial charge in [0.05, 0.1) is 34.1 Å². The maximum atomic E-state index is 2.53. The van der Waals surface area contributed by atoms with Gasteiger partial charge in [-0.3, -0.25) is 0 Å². The predicted molar refractivity (Wildman–Crippen MR) is 619 cm³/mol.